The molecule has 1 unspecified atom stereocenters. The van der Waals surface area contributed by atoms with Crippen LogP contribution in [0.25, 0.3) is 0 Å². The van der Waals surface area contributed by atoms with Crippen LogP contribution in [0.1, 0.15) is 13.3 Å². The molecule has 0 spiro atoms. The van der Waals surface area contributed by atoms with Crippen molar-refractivity contribution >= 4 is 35.7 Å². The molecule has 0 heterocycles. The molecule has 102 valence electrons. The van der Waals surface area contributed by atoms with E-state index in [2.05, 4.69) is 15.9 Å². The normalized spacial score (nSPS) is 13.3. The average molecular weight is 360 g/mol. The summed E-state index contributed by atoms with van der Waals surface area (Å²) < 4.78 is 40.6. The van der Waals surface area contributed by atoms with Crippen molar-refractivity contribution in [3.8, 4) is 5.75 Å². The van der Waals surface area contributed by atoms with Gasteiger partial charge in [0.25, 0.3) is 0 Å². The highest BCUT2D eigenvalue weighted by Crippen LogP contribution is 2.22. The number of rotatable bonds is 6. The van der Waals surface area contributed by atoms with Crippen LogP contribution in [0.2, 0.25) is 0 Å². The second kappa shape index (κ2) is 6.73. The van der Waals surface area contributed by atoms with Crippen molar-refractivity contribution in [3.05, 3.63) is 28.5 Å². The smallest absolute Gasteiger partial charge is 0.232 e. The molecule has 7 heteroatoms. The largest absolute Gasteiger partial charge is 0.493 e. The lowest BCUT2D eigenvalue weighted by Crippen LogP contribution is -2.19. The molecule has 1 rings (SSSR count). The summed E-state index contributed by atoms with van der Waals surface area (Å²) in [5.41, 5.74) is 0. The highest BCUT2D eigenvalue weighted by Gasteiger charge is 2.16. The van der Waals surface area contributed by atoms with Gasteiger partial charge in [-0.25, -0.2) is 12.8 Å². The number of hydrogen-bond acceptors (Lipinski definition) is 3. The third-order valence-electron chi connectivity index (χ3n) is 2.39. The van der Waals surface area contributed by atoms with Crippen molar-refractivity contribution in [1.29, 1.82) is 0 Å². The lowest BCUT2D eigenvalue weighted by Gasteiger charge is -2.14. The molecule has 0 saturated heterocycles. The van der Waals surface area contributed by atoms with Crippen LogP contribution in [0.15, 0.2) is 22.7 Å². The Hall–Kier alpha value is -0.330. The summed E-state index contributed by atoms with van der Waals surface area (Å²) in [5, 5.41) is 0. The van der Waals surface area contributed by atoms with Crippen LogP contribution < -0.4 is 4.74 Å². The number of hydrogen-bond donors (Lipinski definition) is 0. The summed E-state index contributed by atoms with van der Waals surface area (Å²) in [4.78, 5) is 0. The van der Waals surface area contributed by atoms with Crippen molar-refractivity contribution in [2.24, 2.45) is 5.92 Å². The molecule has 0 aromatic heterocycles. The van der Waals surface area contributed by atoms with E-state index < -0.39 is 9.05 Å². The minimum absolute atomic E-state index is 0.132. The molecule has 0 aliphatic carbocycles. The molecule has 0 aliphatic heterocycles. The van der Waals surface area contributed by atoms with Gasteiger partial charge in [-0.05, 0) is 40.5 Å². The van der Waals surface area contributed by atoms with E-state index in [4.69, 9.17) is 15.4 Å². The van der Waals surface area contributed by atoms with E-state index in [0.29, 0.717) is 16.6 Å². The van der Waals surface area contributed by atoms with Gasteiger partial charge in [0.05, 0.1) is 16.8 Å². The number of benzene rings is 1. The van der Waals surface area contributed by atoms with E-state index in [-0.39, 0.29) is 24.1 Å². The zero-order chi connectivity index (χ0) is 13.8. The minimum Gasteiger partial charge on any atom is -0.493 e. The molecule has 0 fully saturated rings. The quantitative estimate of drug-likeness (QED) is 0.729. The van der Waals surface area contributed by atoms with E-state index in [1.54, 1.807) is 0 Å². The lowest BCUT2D eigenvalue weighted by atomic mass is 10.1. The van der Waals surface area contributed by atoms with E-state index in [1.165, 1.54) is 18.2 Å². The summed E-state index contributed by atoms with van der Waals surface area (Å²) in [5.74, 6) is -0.212. The zero-order valence-corrected chi connectivity index (χ0v) is 12.9. The van der Waals surface area contributed by atoms with Gasteiger partial charge in [0.1, 0.15) is 11.6 Å². The second-order valence-corrected chi connectivity index (χ2v) is 7.54. The van der Waals surface area contributed by atoms with Crippen LogP contribution in [0.4, 0.5) is 4.39 Å². The fraction of sp³-hybridized carbons (Fsp3) is 0.455. The molecule has 1 aromatic carbocycles. The molecule has 1 atom stereocenters. The van der Waals surface area contributed by atoms with Crippen molar-refractivity contribution in [2.75, 3.05) is 12.4 Å². The summed E-state index contributed by atoms with van der Waals surface area (Å²) in [6.07, 6.45) is 0.633. The standard InChI is InChI=1S/C11H13BrClFO3S/c1-2-8(7-18(13,15)16)6-17-9-3-4-11(14)10(12)5-9/h3-5,8H,2,6-7H2,1H3. The molecule has 0 saturated carbocycles. The average Bonchev–Trinajstić information content (AvgIpc) is 2.27. The first-order chi connectivity index (χ1) is 8.31. The molecule has 0 aliphatic rings. The zero-order valence-electron chi connectivity index (χ0n) is 9.70. The Morgan fingerprint density at radius 1 is 1.50 bits per heavy atom. The van der Waals surface area contributed by atoms with Crippen LogP contribution in [0.5, 0.6) is 5.75 Å². The molecular weight excluding hydrogens is 347 g/mol. The SMILES string of the molecule is CCC(COc1ccc(F)c(Br)c1)CS(=O)(=O)Cl. The molecule has 0 bridgehead atoms. The predicted octanol–water partition coefficient (Wildman–Crippen LogP) is 3.56. The highest BCUT2D eigenvalue weighted by atomic mass is 79.9. The number of halogens is 3. The van der Waals surface area contributed by atoms with Crippen LogP contribution in [-0.4, -0.2) is 20.8 Å². The van der Waals surface area contributed by atoms with Gasteiger partial charge in [-0.1, -0.05) is 6.92 Å². The highest BCUT2D eigenvalue weighted by molar-refractivity contribution is 9.10. The summed E-state index contributed by atoms with van der Waals surface area (Å²) >= 11 is 3.05. The molecule has 18 heavy (non-hydrogen) atoms. The predicted molar refractivity (Wildman–Crippen MR) is 73.0 cm³/mol. The maximum atomic E-state index is 13.0. The fourth-order valence-electron chi connectivity index (χ4n) is 1.35. The van der Waals surface area contributed by atoms with Gasteiger partial charge in [-0.3, -0.25) is 0 Å². The van der Waals surface area contributed by atoms with Crippen LogP contribution in [0.3, 0.4) is 0 Å². The molecule has 3 nitrogen and oxygen atoms in total. The van der Waals surface area contributed by atoms with Gasteiger partial charge in [0, 0.05) is 16.6 Å². The topological polar surface area (TPSA) is 43.4 Å². The van der Waals surface area contributed by atoms with Crippen molar-refractivity contribution in [2.45, 2.75) is 13.3 Å². The molecule has 0 radical (unpaired) electrons. The minimum atomic E-state index is -3.53. The maximum absolute atomic E-state index is 13.0. The summed E-state index contributed by atoms with van der Waals surface area (Å²) in [6.45, 7) is 2.08. The Bertz CT molecular complexity index is 507. The first kappa shape index (κ1) is 15.7. The van der Waals surface area contributed by atoms with E-state index in [9.17, 15) is 12.8 Å². The Balaban J connectivity index is 2.60. The van der Waals surface area contributed by atoms with E-state index >= 15 is 0 Å². The first-order valence-electron chi connectivity index (χ1n) is 5.32. The van der Waals surface area contributed by atoms with Gasteiger partial charge in [0.15, 0.2) is 0 Å². The van der Waals surface area contributed by atoms with Crippen molar-refractivity contribution in [3.63, 3.8) is 0 Å². The monoisotopic (exact) mass is 358 g/mol. The first-order valence-corrected chi connectivity index (χ1v) is 8.59. The molecule has 0 N–H and O–H groups in total. The van der Waals surface area contributed by atoms with Gasteiger partial charge in [0.2, 0.25) is 9.05 Å². The third-order valence-corrected chi connectivity index (χ3v) is 4.24. The molecule has 0 amide bonds. The Morgan fingerprint density at radius 3 is 2.67 bits per heavy atom. The summed E-state index contributed by atoms with van der Waals surface area (Å²) in [7, 11) is 1.66. The molecular formula is C11H13BrClFO3S. The second-order valence-electron chi connectivity index (χ2n) is 3.87. The third kappa shape index (κ3) is 5.54. The van der Waals surface area contributed by atoms with E-state index in [1.807, 2.05) is 6.92 Å². The van der Waals surface area contributed by atoms with Gasteiger partial charge in [-0.2, -0.15) is 0 Å². The van der Waals surface area contributed by atoms with Crippen LogP contribution in [0, 0.1) is 11.7 Å². The van der Waals surface area contributed by atoms with Gasteiger partial charge < -0.3 is 4.74 Å². The Labute approximate surface area is 119 Å². The lowest BCUT2D eigenvalue weighted by molar-refractivity contribution is 0.257. The van der Waals surface area contributed by atoms with Crippen LogP contribution in [-0.2, 0) is 9.05 Å². The summed E-state index contributed by atoms with van der Waals surface area (Å²) in [6, 6.07) is 4.26. The fourth-order valence-corrected chi connectivity index (χ4v) is 3.13. The Kier molecular flexibility index (Phi) is 5.88. The van der Waals surface area contributed by atoms with Gasteiger partial charge >= 0.3 is 0 Å². The number of ether oxygens (including phenoxy) is 1. The Morgan fingerprint density at radius 2 is 2.17 bits per heavy atom. The maximum Gasteiger partial charge on any atom is 0.232 e. The molecule has 1 aromatic rings. The van der Waals surface area contributed by atoms with Crippen LogP contribution >= 0.6 is 26.6 Å². The van der Waals surface area contributed by atoms with Crippen molar-refractivity contribution in [1.82, 2.24) is 0 Å². The van der Waals surface area contributed by atoms with E-state index in [0.717, 1.165) is 0 Å². The van der Waals surface area contributed by atoms with Gasteiger partial charge in [-0.15, -0.1) is 0 Å². The van der Waals surface area contributed by atoms with Crippen molar-refractivity contribution < 1.29 is 17.5 Å².